The summed E-state index contributed by atoms with van der Waals surface area (Å²) in [6.07, 6.45) is 4.31. The van der Waals surface area contributed by atoms with Crippen LogP contribution in [-0.2, 0) is 9.59 Å². The van der Waals surface area contributed by atoms with Crippen molar-refractivity contribution in [2.45, 2.75) is 31.4 Å². The zero-order valence-electron chi connectivity index (χ0n) is 16.9. The summed E-state index contributed by atoms with van der Waals surface area (Å²) in [6, 6.07) is 5.90. The number of carbonyl (C=O) groups excluding carboxylic acids is 2. The molecule has 10 nitrogen and oxygen atoms in total. The topological polar surface area (TPSA) is 134 Å². The van der Waals surface area contributed by atoms with Crippen LogP contribution in [0.15, 0.2) is 36.0 Å². The zero-order valence-corrected chi connectivity index (χ0v) is 16.9. The van der Waals surface area contributed by atoms with Crippen LogP contribution in [0.4, 0.5) is 16.3 Å². The zero-order chi connectivity index (χ0) is 22.2. The molecule has 1 saturated heterocycles. The number of anilines is 2. The maximum Gasteiger partial charge on any atom is 0.254 e. The van der Waals surface area contributed by atoms with Crippen LogP contribution in [0.1, 0.15) is 36.5 Å². The molecule has 0 radical (unpaired) electrons. The standard InChI is InChI=1S/C21H20FN7O3/c22-14-3-1-11(2-4-14)16(30)10-23-20-27-18-13(7-12-8-17(31)26-19(12)32)9-24-29(18)21(28-20)25-15-5-6-15/h1-4,7,9,15-16,30H,5-6,8,10H2,(H,26,31,32)(H2,23,25,27,28)/b12-7+. The first kappa shape index (κ1) is 20.1. The summed E-state index contributed by atoms with van der Waals surface area (Å²) in [5, 5.41) is 23.3. The molecule has 164 valence electrons. The maximum atomic E-state index is 13.1. The molecule has 2 aliphatic rings. The minimum atomic E-state index is -0.894. The fraction of sp³-hybridized carbons (Fsp3) is 0.286. The molecule has 5 rings (SSSR count). The summed E-state index contributed by atoms with van der Waals surface area (Å²) in [5.74, 6) is -0.415. The van der Waals surface area contributed by atoms with Gasteiger partial charge >= 0.3 is 0 Å². The highest BCUT2D eigenvalue weighted by molar-refractivity contribution is 6.15. The summed E-state index contributed by atoms with van der Waals surface area (Å²) in [7, 11) is 0. The molecule has 2 aromatic heterocycles. The summed E-state index contributed by atoms with van der Waals surface area (Å²) in [4.78, 5) is 32.4. The van der Waals surface area contributed by atoms with Crippen molar-refractivity contribution in [3.8, 4) is 0 Å². The van der Waals surface area contributed by atoms with Crippen LogP contribution >= 0.6 is 0 Å². The minimum absolute atomic E-state index is 0.00338. The Morgan fingerprint density at radius 2 is 2.03 bits per heavy atom. The van der Waals surface area contributed by atoms with Crippen molar-refractivity contribution in [1.29, 1.82) is 0 Å². The number of fused-ring (bicyclic) bond motifs is 1. The van der Waals surface area contributed by atoms with E-state index in [1.165, 1.54) is 24.3 Å². The van der Waals surface area contributed by atoms with Gasteiger partial charge in [-0.05, 0) is 36.6 Å². The molecule has 0 spiro atoms. The van der Waals surface area contributed by atoms with Crippen LogP contribution in [0.3, 0.4) is 0 Å². The molecule has 11 heteroatoms. The molecule has 3 heterocycles. The van der Waals surface area contributed by atoms with E-state index in [1.54, 1.807) is 16.8 Å². The van der Waals surface area contributed by atoms with Crippen LogP contribution < -0.4 is 16.0 Å². The molecule has 1 unspecified atom stereocenters. The number of benzene rings is 1. The van der Waals surface area contributed by atoms with Crippen LogP contribution in [0.25, 0.3) is 11.7 Å². The molecular weight excluding hydrogens is 417 g/mol. The average Bonchev–Trinajstić information content (AvgIpc) is 3.41. The Labute approximate surface area is 181 Å². The Kier molecular flexibility index (Phi) is 5.02. The smallest absolute Gasteiger partial charge is 0.254 e. The van der Waals surface area contributed by atoms with Gasteiger partial charge < -0.3 is 15.7 Å². The van der Waals surface area contributed by atoms with E-state index in [1.807, 2.05) is 0 Å². The molecule has 2 amide bonds. The number of nitrogens with one attached hydrogen (secondary N) is 3. The van der Waals surface area contributed by atoms with Gasteiger partial charge in [0.2, 0.25) is 17.8 Å². The predicted octanol–water partition coefficient (Wildman–Crippen LogP) is 1.41. The lowest BCUT2D eigenvalue weighted by molar-refractivity contribution is -0.124. The average molecular weight is 437 g/mol. The van der Waals surface area contributed by atoms with Crippen molar-refractivity contribution in [1.82, 2.24) is 24.9 Å². The van der Waals surface area contributed by atoms with Crippen LogP contribution in [-0.4, -0.2) is 49.1 Å². The molecule has 1 saturated carbocycles. The predicted molar refractivity (Wildman–Crippen MR) is 113 cm³/mol. The highest BCUT2D eigenvalue weighted by atomic mass is 19.1. The fourth-order valence-corrected chi connectivity index (χ4v) is 3.38. The number of hydrogen-bond donors (Lipinski definition) is 4. The SMILES string of the molecule is O=C1C/C(=C\c2cnn3c(NC4CC4)nc(NCC(O)c4ccc(F)cc4)nc23)C(=O)N1. The fourth-order valence-electron chi connectivity index (χ4n) is 3.38. The second-order valence-corrected chi connectivity index (χ2v) is 7.80. The lowest BCUT2D eigenvalue weighted by atomic mass is 10.1. The minimum Gasteiger partial charge on any atom is -0.387 e. The molecular formula is C21H20FN7O3. The van der Waals surface area contributed by atoms with Gasteiger partial charge in [0.15, 0.2) is 5.65 Å². The molecule has 3 aromatic rings. The third-order valence-electron chi connectivity index (χ3n) is 5.24. The van der Waals surface area contributed by atoms with E-state index in [-0.39, 0.29) is 30.6 Å². The van der Waals surface area contributed by atoms with E-state index >= 15 is 0 Å². The lowest BCUT2D eigenvalue weighted by Gasteiger charge is -2.14. The van der Waals surface area contributed by atoms with E-state index in [9.17, 15) is 19.1 Å². The molecule has 2 fully saturated rings. The number of nitrogens with zero attached hydrogens (tertiary/aromatic N) is 4. The van der Waals surface area contributed by atoms with Crippen molar-refractivity contribution >= 4 is 35.4 Å². The summed E-state index contributed by atoms with van der Waals surface area (Å²) >= 11 is 0. The summed E-state index contributed by atoms with van der Waals surface area (Å²) in [5.41, 5.74) is 1.90. The van der Waals surface area contributed by atoms with Gasteiger partial charge in [-0.3, -0.25) is 14.9 Å². The van der Waals surface area contributed by atoms with Crippen LogP contribution in [0.2, 0.25) is 0 Å². The quantitative estimate of drug-likeness (QED) is 0.322. The first-order valence-electron chi connectivity index (χ1n) is 10.2. The van der Waals surface area contributed by atoms with Crippen molar-refractivity contribution in [2.24, 2.45) is 0 Å². The molecule has 32 heavy (non-hydrogen) atoms. The molecule has 1 atom stereocenters. The third-order valence-corrected chi connectivity index (χ3v) is 5.24. The number of aromatic nitrogens is 4. The molecule has 1 aliphatic carbocycles. The van der Waals surface area contributed by atoms with Crippen molar-refractivity contribution < 1.29 is 19.1 Å². The van der Waals surface area contributed by atoms with Crippen molar-refractivity contribution in [3.63, 3.8) is 0 Å². The Bertz CT molecular complexity index is 1230. The molecule has 0 bridgehead atoms. The van der Waals surface area contributed by atoms with E-state index in [0.29, 0.717) is 34.3 Å². The van der Waals surface area contributed by atoms with Gasteiger partial charge in [0.25, 0.3) is 5.91 Å². The number of aliphatic hydroxyl groups is 1. The van der Waals surface area contributed by atoms with Crippen molar-refractivity contribution in [3.05, 3.63) is 53.0 Å². The number of carbonyl (C=O) groups is 2. The Hall–Kier alpha value is -3.86. The first-order valence-corrected chi connectivity index (χ1v) is 10.2. The van der Waals surface area contributed by atoms with E-state index < -0.39 is 12.0 Å². The third kappa shape index (κ3) is 4.14. The molecule has 1 aromatic carbocycles. The maximum absolute atomic E-state index is 13.1. The number of imide groups is 1. The van der Waals surface area contributed by atoms with E-state index in [4.69, 9.17) is 0 Å². The summed E-state index contributed by atoms with van der Waals surface area (Å²) < 4.78 is 14.7. The lowest BCUT2D eigenvalue weighted by Crippen LogP contribution is -2.19. The number of hydrogen-bond acceptors (Lipinski definition) is 8. The highest BCUT2D eigenvalue weighted by Crippen LogP contribution is 2.26. The largest absolute Gasteiger partial charge is 0.387 e. The number of amides is 2. The second kappa shape index (κ2) is 8.00. The monoisotopic (exact) mass is 437 g/mol. The van der Waals surface area contributed by atoms with E-state index in [0.717, 1.165) is 12.8 Å². The Morgan fingerprint density at radius 1 is 1.25 bits per heavy atom. The van der Waals surface area contributed by atoms with Crippen LogP contribution in [0.5, 0.6) is 0 Å². The highest BCUT2D eigenvalue weighted by Gasteiger charge is 2.26. The number of aliphatic hydroxyl groups excluding tert-OH is 1. The van der Waals surface area contributed by atoms with Gasteiger partial charge in [0, 0.05) is 23.7 Å². The first-order chi connectivity index (χ1) is 15.5. The Morgan fingerprint density at radius 3 is 2.72 bits per heavy atom. The van der Waals surface area contributed by atoms with Crippen molar-refractivity contribution in [2.75, 3.05) is 17.2 Å². The van der Waals surface area contributed by atoms with Gasteiger partial charge in [-0.15, -0.1) is 0 Å². The van der Waals surface area contributed by atoms with E-state index in [2.05, 4.69) is 31.0 Å². The Balaban J connectivity index is 1.44. The molecule has 1 aliphatic heterocycles. The number of halogens is 1. The van der Waals surface area contributed by atoms with Gasteiger partial charge in [0.05, 0.1) is 18.7 Å². The van der Waals surface area contributed by atoms with Gasteiger partial charge in [-0.1, -0.05) is 12.1 Å². The second-order valence-electron chi connectivity index (χ2n) is 7.80. The van der Waals surface area contributed by atoms with Gasteiger partial charge in [-0.25, -0.2) is 4.39 Å². The summed E-state index contributed by atoms with van der Waals surface area (Å²) in [6.45, 7) is 0.103. The molecule has 4 N–H and O–H groups in total. The van der Waals surface area contributed by atoms with Gasteiger partial charge in [0.1, 0.15) is 5.82 Å². The van der Waals surface area contributed by atoms with Crippen LogP contribution in [0, 0.1) is 5.82 Å². The number of rotatable bonds is 7. The normalized spacial score (nSPS) is 18.2. The van der Waals surface area contributed by atoms with Gasteiger partial charge in [-0.2, -0.15) is 19.6 Å².